The van der Waals surface area contributed by atoms with E-state index in [0.29, 0.717) is 13.2 Å². The molecule has 2 aromatic carbocycles. The highest BCUT2D eigenvalue weighted by atomic mass is 16.2. The van der Waals surface area contributed by atoms with Crippen LogP contribution in [0.15, 0.2) is 54.6 Å². The number of hydrazine groups is 1. The van der Waals surface area contributed by atoms with Gasteiger partial charge in [-0.05, 0) is 50.1 Å². The zero-order valence-corrected chi connectivity index (χ0v) is 21.1. The van der Waals surface area contributed by atoms with Crippen molar-refractivity contribution in [2.45, 2.75) is 39.2 Å². The number of piperazine rings is 1. The van der Waals surface area contributed by atoms with Crippen LogP contribution in [0.3, 0.4) is 0 Å². The summed E-state index contributed by atoms with van der Waals surface area (Å²) in [7, 11) is 0. The molecule has 1 unspecified atom stereocenters. The van der Waals surface area contributed by atoms with Crippen molar-refractivity contribution in [2.75, 3.05) is 55.7 Å². The molecule has 2 aliphatic rings. The van der Waals surface area contributed by atoms with Gasteiger partial charge in [-0.15, -0.1) is 0 Å². The van der Waals surface area contributed by atoms with Crippen LogP contribution in [-0.2, 0) is 4.79 Å². The number of rotatable bonds is 9. The Labute approximate surface area is 208 Å². The Balaban J connectivity index is 1.34. The number of anilines is 2. The first-order valence-electron chi connectivity index (χ1n) is 12.7. The Morgan fingerprint density at radius 2 is 1.63 bits per heavy atom. The number of nitrogens with one attached hydrogen (secondary N) is 2. The highest BCUT2D eigenvalue weighted by Gasteiger charge is 2.31. The van der Waals surface area contributed by atoms with Gasteiger partial charge in [0.2, 0.25) is 5.91 Å². The lowest BCUT2D eigenvalue weighted by Crippen LogP contribution is -2.49. The Bertz CT molecular complexity index is 973. The van der Waals surface area contributed by atoms with Crippen molar-refractivity contribution in [1.82, 2.24) is 20.7 Å². The third-order valence-corrected chi connectivity index (χ3v) is 6.76. The molecular weight excluding hydrogens is 440 g/mol. The molecule has 1 atom stereocenters. The van der Waals surface area contributed by atoms with E-state index in [1.807, 2.05) is 44.2 Å². The normalized spacial score (nSPS) is 17.8. The fourth-order valence-electron chi connectivity index (χ4n) is 4.70. The number of nitrogens with zero attached hydrogens (tertiary/aromatic N) is 4. The monoisotopic (exact) mass is 478 g/mol. The van der Waals surface area contributed by atoms with Crippen LogP contribution in [0.1, 0.15) is 38.7 Å². The smallest absolute Gasteiger partial charge is 0.340 e. The van der Waals surface area contributed by atoms with Gasteiger partial charge in [0, 0.05) is 56.7 Å². The van der Waals surface area contributed by atoms with E-state index in [1.165, 1.54) is 0 Å². The van der Waals surface area contributed by atoms with Crippen LogP contribution in [0.2, 0.25) is 0 Å². The molecule has 2 saturated heterocycles. The third kappa shape index (κ3) is 5.94. The first-order valence-corrected chi connectivity index (χ1v) is 12.7. The van der Waals surface area contributed by atoms with Crippen molar-refractivity contribution in [3.8, 4) is 0 Å². The van der Waals surface area contributed by atoms with Gasteiger partial charge in [-0.25, -0.2) is 10.2 Å². The van der Waals surface area contributed by atoms with Crippen LogP contribution in [0, 0.1) is 0 Å². The van der Waals surface area contributed by atoms with Crippen molar-refractivity contribution in [2.24, 2.45) is 0 Å². The molecule has 4 rings (SSSR count). The molecule has 0 bridgehead atoms. The lowest BCUT2D eigenvalue weighted by molar-refractivity contribution is -0.123. The Hall–Kier alpha value is -3.10. The molecular formula is C27H38N6O2. The summed E-state index contributed by atoms with van der Waals surface area (Å²) in [6.45, 7) is 11.6. The van der Waals surface area contributed by atoms with Crippen LogP contribution in [0.5, 0.6) is 0 Å². The molecule has 0 spiro atoms. The quantitative estimate of drug-likeness (QED) is 0.579. The summed E-state index contributed by atoms with van der Waals surface area (Å²) in [5.74, 6) is -0.0522. The minimum absolute atomic E-state index is 0.0164. The Kier molecular flexibility index (Phi) is 8.25. The van der Waals surface area contributed by atoms with Crippen molar-refractivity contribution in [1.29, 1.82) is 0 Å². The molecule has 188 valence electrons. The van der Waals surface area contributed by atoms with E-state index in [1.54, 1.807) is 9.91 Å². The lowest BCUT2D eigenvalue weighted by Gasteiger charge is -2.37. The largest absolute Gasteiger partial charge is 0.369 e. The third-order valence-electron chi connectivity index (χ3n) is 6.76. The molecule has 0 aliphatic carbocycles. The summed E-state index contributed by atoms with van der Waals surface area (Å²) in [5, 5.41) is 4.75. The van der Waals surface area contributed by atoms with Crippen LogP contribution < -0.4 is 20.5 Å². The number of carbonyl (C=O) groups excluding carboxylic acids is 2. The fourth-order valence-corrected chi connectivity index (χ4v) is 4.70. The van der Waals surface area contributed by atoms with Crippen molar-refractivity contribution in [3.63, 3.8) is 0 Å². The SMILES string of the molecule is CCCNC(=O)C(CN1CCN(c2ccc(N3CNN(C(C)C)C3=O)cc2)CC1)c1ccccc1. The topological polar surface area (TPSA) is 71.2 Å². The maximum absolute atomic E-state index is 12.9. The number of benzene rings is 2. The molecule has 2 aromatic rings. The first-order chi connectivity index (χ1) is 17.0. The zero-order valence-electron chi connectivity index (χ0n) is 21.1. The summed E-state index contributed by atoms with van der Waals surface area (Å²) in [6.07, 6.45) is 0.934. The molecule has 8 heteroatoms. The number of hydrogen-bond donors (Lipinski definition) is 2. The second kappa shape index (κ2) is 11.6. The first kappa shape index (κ1) is 25.0. The van der Waals surface area contributed by atoms with Crippen LogP contribution >= 0.6 is 0 Å². The summed E-state index contributed by atoms with van der Waals surface area (Å²) in [4.78, 5) is 32.0. The van der Waals surface area contributed by atoms with Crippen LogP contribution in [-0.4, -0.2) is 73.8 Å². The van der Waals surface area contributed by atoms with E-state index >= 15 is 0 Å². The summed E-state index contributed by atoms with van der Waals surface area (Å²) < 4.78 is 0. The van der Waals surface area contributed by atoms with Gasteiger partial charge in [0.15, 0.2) is 0 Å². The van der Waals surface area contributed by atoms with E-state index in [0.717, 1.165) is 56.1 Å². The molecule has 35 heavy (non-hydrogen) atoms. The molecule has 2 fully saturated rings. The van der Waals surface area contributed by atoms with E-state index in [4.69, 9.17) is 0 Å². The molecule has 0 saturated carbocycles. The summed E-state index contributed by atoms with van der Waals surface area (Å²) in [6, 6.07) is 18.4. The van der Waals surface area contributed by atoms with Crippen LogP contribution in [0.4, 0.5) is 16.2 Å². The van der Waals surface area contributed by atoms with Gasteiger partial charge in [0.05, 0.1) is 12.6 Å². The van der Waals surface area contributed by atoms with E-state index in [2.05, 4.69) is 51.7 Å². The zero-order chi connectivity index (χ0) is 24.8. The molecule has 2 heterocycles. The molecule has 0 aromatic heterocycles. The van der Waals surface area contributed by atoms with Crippen molar-refractivity contribution in [3.05, 3.63) is 60.2 Å². The number of amides is 3. The van der Waals surface area contributed by atoms with Gasteiger partial charge < -0.3 is 10.2 Å². The average Bonchev–Trinajstić information content (AvgIpc) is 3.28. The predicted molar refractivity (Wildman–Crippen MR) is 140 cm³/mol. The summed E-state index contributed by atoms with van der Waals surface area (Å²) in [5.41, 5.74) is 6.28. The standard InChI is InChI=1S/C27H38N6O2/c1-4-14-28-26(34)25(22-8-6-5-7-9-22)19-30-15-17-31(18-16-30)23-10-12-24(13-11-23)32-20-29-33(21(2)3)27(32)35/h5-13,21,25,29H,4,14-20H2,1-3H3,(H,28,34). The number of hydrogen-bond acceptors (Lipinski definition) is 5. The highest BCUT2D eigenvalue weighted by Crippen LogP contribution is 2.25. The second-order valence-electron chi connectivity index (χ2n) is 9.55. The molecule has 2 N–H and O–H groups in total. The van der Waals surface area contributed by atoms with Gasteiger partial charge >= 0.3 is 6.03 Å². The van der Waals surface area contributed by atoms with Crippen LogP contribution in [0.25, 0.3) is 0 Å². The maximum atomic E-state index is 12.9. The highest BCUT2D eigenvalue weighted by molar-refractivity contribution is 5.93. The van der Waals surface area contributed by atoms with E-state index in [-0.39, 0.29) is 23.9 Å². The molecule has 3 amide bonds. The van der Waals surface area contributed by atoms with Crippen molar-refractivity contribution < 1.29 is 9.59 Å². The lowest BCUT2D eigenvalue weighted by atomic mass is 9.97. The van der Waals surface area contributed by atoms with Gasteiger partial charge in [-0.3, -0.25) is 19.6 Å². The van der Waals surface area contributed by atoms with Gasteiger partial charge in [-0.2, -0.15) is 0 Å². The molecule has 2 aliphatic heterocycles. The van der Waals surface area contributed by atoms with Crippen molar-refractivity contribution >= 4 is 23.3 Å². The molecule has 0 radical (unpaired) electrons. The average molecular weight is 479 g/mol. The molecule has 8 nitrogen and oxygen atoms in total. The van der Waals surface area contributed by atoms with Gasteiger partial charge in [-0.1, -0.05) is 37.3 Å². The summed E-state index contributed by atoms with van der Waals surface area (Å²) >= 11 is 0. The van der Waals surface area contributed by atoms with Gasteiger partial charge in [0.25, 0.3) is 0 Å². The second-order valence-corrected chi connectivity index (χ2v) is 9.55. The fraction of sp³-hybridized carbons (Fsp3) is 0.481. The van der Waals surface area contributed by atoms with Gasteiger partial charge in [0.1, 0.15) is 0 Å². The van der Waals surface area contributed by atoms with E-state index < -0.39 is 0 Å². The number of urea groups is 1. The Morgan fingerprint density at radius 1 is 0.971 bits per heavy atom. The minimum atomic E-state index is -0.161. The maximum Gasteiger partial charge on any atom is 0.340 e. The number of carbonyl (C=O) groups is 2. The minimum Gasteiger partial charge on any atom is -0.369 e. The van der Waals surface area contributed by atoms with E-state index in [9.17, 15) is 9.59 Å². The Morgan fingerprint density at radius 3 is 2.23 bits per heavy atom. The predicted octanol–water partition coefficient (Wildman–Crippen LogP) is 3.23.